The van der Waals surface area contributed by atoms with Gasteiger partial charge >= 0.3 is 0 Å². The summed E-state index contributed by atoms with van der Waals surface area (Å²) in [6.45, 7) is 0. The molecule has 0 aromatic carbocycles. The molecule has 0 nitrogen and oxygen atoms in total. The van der Waals surface area contributed by atoms with E-state index < -0.39 is 0 Å². The van der Waals surface area contributed by atoms with Crippen LogP contribution in [0.1, 0.15) is 22.8 Å². The SMILES string of the molecule is C1=CC2C=Cc3sc4c(c3C2C=C1)=CCC=4. The molecule has 4 rings (SSSR count). The summed E-state index contributed by atoms with van der Waals surface area (Å²) < 4.78 is 1.48. The van der Waals surface area contributed by atoms with Crippen molar-refractivity contribution in [2.45, 2.75) is 12.3 Å². The van der Waals surface area contributed by atoms with E-state index >= 15 is 0 Å². The van der Waals surface area contributed by atoms with Gasteiger partial charge in [0.15, 0.2) is 0 Å². The van der Waals surface area contributed by atoms with E-state index in [1.54, 1.807) is 5.56 Å². The van der Waals surface area contributed by atoms with Crippen LogP contribution in [0.3, 0.4) is 0 Å². The average molecular weight is 224 g/mol. The first-order valence-corrected chi connectivity index (χ1v) is 6.61. The van der Waals surface area contributed by atoms with Crippen LogP contribution in [0.5, 0.6) is 0 Å². The van der Waals surface area contributed by atoms with Crippen molar-refractivity contribution < 1.29 is 0 Å². The number of hydrogen-bond acceptors (Lipinski definition) is 1. The summed E-state index contributed by atoms with van der Waals surface area (Å²) in [5.41, 5.74) is 1.57. The summed E-state index contributed by atoms with van der Waals surface area (Å²) in [7, 11) is 0. The van der Waals surface area contributed by atoms with E-state index in [0.29, 0.717) is 11.8 Å². The number of hydrogen-bond donors (Lipinski definition) is 0. The highest BCUT2D eigenvalue weighted by molar-refractivity contribution is 7.11. The second-order valence-electron chi connectivity index (χ2n) is 4.53. The van der Waals surface area contributed by atoms with Crippen LogP contribution in [0, 0.1) is 5.92 Å². The summed E-state index contributed by atoms with van der Waals surface area (Å²) in [4.78, 5) is 1.47. The zero-order valence-corrected chi connectivity index (χ0v) is 9.71. The fourth-order valence-corrected chi connectivity index (χ4v) is 4.13. The van der Waals surface area contributed by atoms with Gasteiger partial charge < -0.3 is 0 Å². The number of rotatable bonds is 0. The van der Waals surface area contributed by atoms with Gasteiger partial charge in [-0.25, -0.2) is 0 Å². The minimum Gasteiger partial charge on any atom is -0.136 e. The standard InChI is InChI=1S/C15H12S/c1-2-5-11-10(4-1)8-9-14-15(11)12-6-3-7-13(12)16-14/h1-2,4-11H,3H2. The normalized spacial score (nSPS) is 28.0. The summed E-state index contributed by atoms with van der Waals surface area (Å²) in [6.07, 6.45) is 19.5. The lowest BCUT2D eigenvalue weighted by molar-refractivity contribution is 0.692. The first kappa shape index (κ1) is 8.77. The minimum atomic E-state index is 0.574. The van der Waals surface area contributed by atoms with E-state index in [1.165, 1.54) is 14.6 Å². The van der Waals surface area contributed by atoms with Gasteiger partial charge in [0.05, 0.1) is 0 Å². The number of thiophene rings is 1. The summed E-state index contributed by atoms with van der Waals surface area (Å²) >= 11 is 1.95. The highest BCUT2D eigenvalue weighted by Gasteiger charge is 2.26. The van der Waals surface area contributed by atoms with Gasteiger partial charge in [-0.3, -0.25) is 0 Å². The minimum absolute atomic E-state index is 0.574. The molecule has 1 aromatic heterocycles. The van der Waals surface area contributed by atoms with Crippen molar-refractivity contribution in [3.8, 4) is 0 Å². The predicted molar refractivity (Wildman–Crippen MR) is 70.7 cm³/mol. The van der Waals surface area contributed by atoms with Crippen molar-refractivity contribution in [1.29, 1.82) is 0 Å². The van der Waals surface area contributed by atoms with Gasteiger partial charge in [-0.1, -0.05) is 42.5 Å². The molecule has 2 unspecified atom stereocenters. The first-order valence-electron chi connectivity index (χ1n) is 5.80. The molecule has 3 aliphatic carbocycles. The molecule has 0 radical (unpaired) electrons. The molecule has 1 heteroatoms. The Morgan fingerprint density at radius 1 is 1.06 bits per heavy atom. The molecule has 0 saturated carbocycles. The molecule has 0 N–H and O–H groups in total. The summed E-state index contributed by atoms with van der Waals surface area (Å²) in [5, 5.41) is 1.51. The van der Waals surface area contributed by atoms with Gasteiger partial charge in [0.25, 0.3) is 0 Å². The van der Waals surface area contributed by atoms with Crippen LogP contribution < -0.4 is 9.75 Å². The van der Waals surface area contributed by atoms with Crippen molar-refractivity contribution in [2.24, 2.45) is 5.92 Å². The summed E-state index contributed by atoms with van der Waals surface area (Å²) in [6, 6.07) is 0. The van der Waals surface area contributed by atoms with E-state index in [2.05, 4.69) is 48.6 Å². The van der Waals surface area contributed by atoms with Crippen molar-refractivity contribution in [3.63, 3.8) is 0 Å². The molecule has 16 heavy (non-hydrogen) atoms. The van der Waals surface area contributed by atoms with Gasteiger partial charge in [-0.2, -0.15) is 0 Å². The van der Waals surface area contributed by atoms with Gasteiger partial charge in [0.1, 0.15) is 0 Å². The Morgan fingerprint density at radius 2 is 2.00 bits per heavy atom. The van der Waals surface area contributed by atoms with Crippen LogP contribution in [-0.2, 0) is 0 Å². The molecule has 78 valence electrons. The van der Waals surface area contributed by atoms with Crippen molar-refractivity contribution in [2.75, 3.05) is 0 Å². The molecule has 0 saturated heterocycles. The fourth-order valence-electron chi connectivity index (χ4n) is 2.90. The maximum absolute atomic E-state index is 2.38. The Kier molecular flexibility index (Phi) is 1.69. The first-order chi connectivity index (χ1) is 7.93. The molecule has 1 aromatic rings. The Balaban J connectivity index is 2.05. The Bertz CT molecular complexity index is 652. The molecule has 3 aliphatic rings. The molecule has 0 aliphatic heterocycles. The van der Waals surface area contributed by atoms with Crippen LogP contribution in [0.15, 0.2) is 30.4 Å². The molecule has 0 bridgehead atoms. The molecule has 0 fully saturated rings. The molecular formula is C15H12S. The topological polar surface area (TPSA) is 0 Å². The fraction of sp³-hybridized carbons (Fsp3) is 0.200. The third-order valence-electron chi connectivity index (χ3n) is 3.65. The van der Waals surface area contributed by atoms with Crippen LogP contribution >= 0.6 is 11.3 Å². The Morgan fingerprint density at radius 3 is 3.00 bits per heavy atom. The van der Waals surface area contributed by atoms with Crippen LogP contribution in [0.4, 0.5) is 0 Å². The average Bonchev–Trinajstić information content (AvgIpc) is 2.88. The van der Waals surface area contributed by atoms with Gasteiger partial charge in [0, 0.05) is 21.2 Å². The van der Waals surface area contributed by atoms with Gasteiger partial charge in [-0.05, 0) is 23.3 Å². The monoisotopic (exact) mass is 224 g/mol. The molecule has 1 heterocycles. The van der Waals surface area contributed by atoms with Crippen LogP contribution in [0.25, 0.3) is 18.2 Å². The lowest BCUT2D eigenvalue weighted by Gasteiger charge is -2.25. The second kappa shape index (κ2) is 3.08. The zero-order valence-electron chi connectivity index (χ0n) is 8.89. The Labute approximate surface area is 98.6 Å². The highest BCUT2D eigenvalue weighted by atomic mass is 32.1. The molecule has 0 spiro atoms. The quantitative estimate of drug-likeness (QED) is 0.635. The Hall–Kier alpha value is -1.34. The zero-order chi connectivity index (χ0) is 10.5. The van der Waals surface area contributed by atoms with Crippen LogP contribution in [-0.4, -0.2) is 0 Å². The number of fused-ring (bicyclic) bond motifs is 5. The van der Waals surface area contributed by atoms with Crippen LogP contribution in [0.2, 0.25) is 0 Å². The predicted octanol–water partition coefficient (Wildman–Crippen LogP) is 2.57. The molecule has 2 atom stereocenters. The molecular weight excluding hydrogens is 212 g/mol. The third-order valence-corrected chi connectivity index (χ3v) is 4.83. The van der Waals surface area contributed by atoms with E-state index in [-0.39, 0.29) is 0 Å². The smallest absolute Gasteiger partial charge is 0.0318 e. The maximum Gasteiger partial charge on any atom is 0.0318 e. The lowest BCUT2D eigenvalue weighted by atomic mass is 9.79. The van der Waals surface area contributed by atoms with Gasteiger partial charge in [0.2, 0.25) is 0 Å². The van der Waals surface area contributed by atoms with E-state index in [9.17, 15) is 0 Å². The molecule has 0 amide bonds. The maximum atomic E-state index is 2.38. The largest absolute Gasteiger partial charge is 0.136 e. The van der Waals surface area contributed by atoms with E-state index in [0.717, 1.165) is 6.42 Å². The van der Waals surface area contributed by atoms with E-state index in [4.69, 9.17) is 0 Å². The van der Waals surface area contributed by atoms with Crippen molar-refractivity contribution in [3.05, 3.63) is 50.6 Å². The highest BCUT2D eigenvalue weighted by Crippen LogP contribution is 2.37. The summed E-state index contributed by atoms with van der Waals surface area (Å²) in [5.74, 6) is 1.15. The number of allylic oxidation sites excluding steroid dienone is 5. The third kappa shape index (κ3) is 1.04. The van der Waals surface area contributed by atoms with Crippen molar-refractivity contribution in [1.82, 2.24) is 0 Å². The van der Waals surface area contributed by atoms with Crippen molar-refractivity contribution >= 4 is 29.6 Å². The lowest BCUT2D eigenvalue weighted by Crippen LogP contribution is -2.24. The second-order valence-corrected chi connectivity index (χ2v) is 5.62. The van der Waals surface area contributed by atoms with Gasteiger partial charge in [-0.15, -0.1) is 11.3 Å². The van der Waals surface area contributed by atoms with E-state index in [1.807, 2.05) is 11.3 Å².